The van der Waals surface area contributed by atoms with Gasteiger partial charge in [-0.3, -0.25) is 4.21 Å². The molecule has 0 unspecified atom stereocenters. The monoisotopic (exact) mass is 318 g/mol. The minimum Gasteiger partial charge on any atom is -0.334 e. The first-order valence-electron chi connectivity index (χ1n) is 6.17. The molecule has 0 aliphatic heterocycles. The van der Waals surface area contributed by atoms with Crippen molar-refractivity contribution < 1.29 is 8.73 Å². The predicted molar refractivity (Wildman–Crippen MR) is 82.5 cm³/mol. The van der Waals surface area contributed by atoms with Crippen molar-refractivity contribution in [3.05, 3.63) is 53.6 Å². The maximum Gasteiger partial charge on any atom is 0.259 e. The van der Waals surface area contributed by atoms with E-state index in [1.807, 2.05) is 30.3 Å². The highest BCUT2D eigenvalue weighted by molar-refractivity contribution is 7.84. The summed E-state index contributed by atoms with van der Waals surface area (Å²) < 4.78 is 17.1. The second-order valence-corrected chi connectivity index (χ2v) is 6.17. The highest BCUT2D eigenvalue weighted by Crippen LogP contribution is 2.27. The summed E-state index contributed by atoms with van der Waals surface area (Å²) in [5.74, 6) is 0.792. The van der Waals surface area contributed by atoms with Crippen LogP contribution in [-0.2, 0) is 10.8 Å². The number of nitrogens with zero attached hydrogens (tertiary/aromatic N) is 2. The fourth-order valence-corrected chi connectivity index (χ4v) is 2.90. The molecule has 6 heteroatoms. The first kappa shape index (κ1) is 14.0. The van der Waals surface area contributed by atoms with Gasteiger partial charge in [0.25, 0.3) is 5.89 Å². The van der Waals surface area contributed by atoms with Gasteiger partial charge < -0.3 is 4.52 Å². The molecule has 0 bridgehead atoms. The number of hydrogen-bond acceptors (Lipinski definition) is 4. The molecule has 0 saturated heterocycles. The molecule has 0 aliphatic carbocycles. The topological polar surface area (TPSA) is 56.0 Å². The van der Waals surface area contributed by atoms with Crippen LogP contribution in [0.15, 0.2) is 57.9 Å². The van der Waals surface area contributed by atoms with E-state index in [0.29, 0.717) is 27.2 Å². The molecule has 0 aliphatic rings. The van der Waals surface area contributed by atoms with E-state index < -0.39 is 10.8 Å². The highest BCUT2D eigenvalue weighted by Gasteiger charge is 2.15. The second-order valence-electron chi connectivity index (χ2n) is 4.38. The molecular weight excluding hydrogens is 308 g/mol. The largest absolute Gasteiger partial charge is 0.334 e. The zero-order valence-electron chi connectivity index (χ0n) is 11.1. The Bertz CT molecular complexity index is 817. The van der Waals surface area contributed by atoms with E-state index in [-0.39, 0.29) is 0 Å². The average molecular weight is 319 g/mol. The molecule has 21 heavy (non-hydrogen) atoms. The van der Waals surface area contributed by atoms with E-state index in [9.17, 15) is 4.21 Å². The fourth-order valence-electron chi connectivity index (χ4n) is 1.97. The summed E-state index contributed by atoms with van der Waals surface area (Å²) in [6, 6.07) is 14.5. The average Bonchev–Trinajstić information content (AvgIpc) is 2.97. The number of rotatable bonds is 3. The summed E-state index contributed by atoms with van der Waals surface area (Å²) in [6.07, 6.45) is 1.62. The van der Waals surface area contributed by atoms with Crippen molar-refractivity contribution >= 4 is 22.4 Å². The van der Waals surface area contributed by atoms with Gasteiger partial charge in [-0.25, -0.2) is 0 Å². The van der Waals surface area contributed by atoms with Crippen molar-refractivity contribution in [3.63, 3.8) is 0 Å². The maximum absolute atomic E-state index is 11.8. The first-order valence-corrected chi connectivity index (χ1v) is 8.11. The van der Waals surface area contributed by atoms with Crippen molar-refractivity contribution in [1.82, 2.24) is 10.1 Å². The number of benzene rings is 2. The van der Waals surface area contributed by atoms with Crippen LogP contribution in [0.2, 0.25) is 5.02 Å². The quantitative estimate of drug-likeness (QED) is 0.737. The van der Waals surface area contributed by atoms with Crippen LogP contribution in [0.4, 0.5) is 0 Å². The highest BCUT2D eigenvalue weighted by atomic mass is 35.5. The van der Waals surface area contributed by atoms with Crippen molar-refractivity contribution in [2.24, 2.45) is 0 Å². The van der Waals surface area contributed by atoms with Gasteiger partial charge in [-0.1, -0.05) is 41.0 Å². The third-order valence-corrected chi connectivity index (χ3v) is 4.15. The maximum atomic E-state index is 11.8. The Morgan fingerprint density at radius 3 is 2.71 bits per heavy atom. The summed E-state index contributed by atoms with van der Waals surface area (Å²) >= 11 is 5.96. The van der Waals surface area contributed by atoms with Gasteiger partial charge in [0.2, 0.25) is 5.82 Å². The Labute approximate surface area is 129 Å². The molecule has 0 N–H and O–H groups in total. The Hall–Kier alpha value is -1.98. The van der Waals surface area contributed by atoms with Gasteiger partial charge in [-0.15, -0.1) is 0 Å². The van der Waals surface area contributed by atoms with Crippen molar-refractivity contribution in [2.45, 2.75) is 4.90 Å². The molecule has 2 aromatic carbocycles. The molecule has 0 amide bonds. The molecule has 3 rings (SSSR count). The van der Waals surface area contributed by atoms with E-state index in [2.05, 4.69) is 10.1 Å². The van der Waals surface area contributed by atoms with E-state index in [4.69, 9.17) is 16.1 Å². The molecule has 0 fully saturated rings. The summed E-state index contributed by atoms with van der Waals surface area (Å²) in [6.45, 7) is 0. The Morgan fingerprint density at radius 1 is 1.14 bits per heavy atom. The lowest BCUT2D eigenvalue weighted by Gasteiger charge is -2.01. The normalized spacial score (nSPS) is 12.3. The van der Waals surface area contributed by atoms with Crippen molar-refractivity contribution in [3.8, 4) is 22.8 Å². The van der Waals surface area contributed by atoms with Crippen molar-refractivity contribution in [1.29, 1.82) is 0 Å². The molecular formula is C15H11ClN2O2S. The van der Waals surface area contributed by atoms with E-state index in [1.54, 1.807) is 24.5 Å². The third kappa shape index (κ3) is 2.89. The molecule has 1 atom stereocenters. The van der Waals surface area contributed by atoms with E-state index in [1.165, 1.54) is 0 Å². The number of halogens is 1. The predicted octanol–water partition coefficient (Wildman–Crippen LogP) is 3.79. The minimum atomic E-state index is -1.13. The van der Waals surface area contributed by atoms with Crippen LogP contribution in [0.5, 0.6) is 0 Å². The van der Waals surface area contributed by atoms with Crippen LogP contribution in [0.3, 0.4) is 0 Å². The van der Waals surface area contributed by atoms with E-state index >= 15 is 0 Å². The van der Waals surface area contributed by atoms with Gasteiger partial charge in [-0.05, 0) is 24.3 Å². The van der Waals surface area contributed by atoms with Crippen LogP contribution in [-0.4, -0.2) is 20.6 Å². The number of aromatic nitrogens is 2. The zero-order chi connectivity index (χ0) is 14.8. The van der Waals surface area contributed by atoms with Gasteiger partial charge in [-0.2, -0.15) is 4.98 Å². The number of hydrogen-bond donors (Lipinski definition) is 0. The lowest BCUT2D eigenvalue weighted by atomic mass is 10.2. The summed E-state index contributed by atoms with van der Waals surface area (Å²) in [5, 5.41) is 4.57. The molecule has 1 heterocycles. The molecule has 0 spiro atoms. The molecule has 1 aromatic heterocycles. The van der Waals surface area contributed by atoms with E-state index in [0.717, 1.165) is 5.56 Å². The van der Waals surface area contributed by atoms with Gasteiger partial charge in [0.1, 0.15) is 0 Å². The van der Waals surface area contributed by atoms with Gasteiger partial charge in [0, 0.05) is 16.8 Å². The summed E-state index contributed by atoms with van der Waals surface area (Å²) in [4.78, 5) is 5.03. The van der Waals surface area contributed by atoms with Gasteiger partial charge >= 0.3 is 0 Å². The van der Waals surface area contributed by atoms with Crippen LogP contribution < -0.4 is 0 Å². The molecule has 3 aromatic rings. The van der Waals surface area contributed by atoms with Crippen LogP contribution >= 0.6 is 11.6 Å². The molecule has 4 nitrogen and oxygen atoms in total. The lowest BCUT2D eigenvalue weighted by molar-refractivity contribution is 0.431. The summed E-state index contributed by atoms with van der Waals surface area (Å²) in [7, 11) is -1.13. The Balaban J connectivity index is 2.05. The van der Waals surface area contributed by atoms with Crippen molar-refractivity contribution in [2.75, 3.05) is 6.26 Å². The third-order valence-electron chi connectivity index (χ3n) is 2.94. The minimum absolute atomic E-state index is 0.343. The Morgan fingerprint density at radius 2 is 1.95 bits per heavy atom. The standard InChI is InChI=1S/C15H11ClN2O2S/c1-21(19)13-8-3-2-7-12(13)15-17-14(18-20-15)10-5-4-6-11(16)9-10/h2-9H,1H3/t21-/m0/s1. The second kappa shape index (κ2) is 5.79. The molecule has 106 valence electrons. The van der Waals surface area contributed by atoms with Crippen LogP contribution in [0, 0.1) is 0 Å². The molecule has 0 saturated carbocycles. The fraction of sp³-hybridized carbons (Fsp3) is 0.0667. The molecule has 0 radical (unpaired) electrons. The van der Waals surface area contributed by atoms with Gasteiger partial charge in [0.15, 0.2) is 0 Å². The van der Waals surface area contributed by atoms with Gasteiger partial charge in [0.05, 0.1) is 21.3 Å². The van der Waals surface area contributed by atoms with Crippen LogP contribution in [0.1, 0.15) is 0 Å². The Kier molecular flexibility index (Phi) is 3.86. The smallest absolute Gasteiger partial charge is 0.259 e. The van der Waals surface area contributed by atoms with Crippen LogP contribution in [0.25, 0.3) is 22.8 Å². The first-order chi connectivity index (χ1) is 10.1. The zero-order valence-corrected chi connectivity index (χ0v) is 12.7. The summed E-state index contributed by atoms with van der Waals surface area (Å²) in [5.41, 5.74) is 1.45. The lowest BCUT2D eigenvalue weighted by Crippen LogP contribution is -1.91. The SMILES string of the molecule is C[S@](=O)c1ccccc1-c1nc(-c2cccc(Cl)c2)no1.